The van der Waals surface area contributed by atoms with E-state index < -0.39 is 0 Å². The minimum atomic E-state index is 0.580. The van der Waals surface area contributed by atoms with E-state index in [-0.39, 0.29) is 0 Å². The molecule has 1 N–H and O–H groups in total. The molecule has 70 valence electrons. The largest absolute Gasteiger partial charge is 0.301 e. The van der Waals surface area contributed by atoms with Crippen molar-refractivity contribution in [2.75, 3.05) is 6.54 Å². The molecule has 0 amide bonds. The Kier molecular flexibility index (Phi) is 3.52. The summed E-state index contributed by atoms with van der Waals surface area (Å²) in [6.07, 6.45) is 5.13. The summed E-state index contributed by atoms with van der Waals surface area (Å²) >= 11 is 3.48. The standard InChI is InChI=1S/C9H12BrN3/c1-4-5-11-6-8-9(10)7(2)12-13(8)3/h1,11H,5-6H2,2-3H3. The van der Waals surface area contributed by atoms with Crippen molar-refractivity contribution in [1.29, 1.82) is 0 Å². The minimum absolute atomic E-state index is 0.580. The van der Waals surface area contributed by atoms with Crippen LogP contribution >= 0.6 is 15.9 Å². The van der Waals surface area contributed by atoms with Crippen LogP contribution in [0, 0.1) is 19.3 Å². The number of hydrogen-bond donors (Lipinski definition) is 1. The van der Waals surface area contributed by atoms with E-state index in [9.17, 15) is 0 Å². The van der Waals surface area contributed by atoms with Crippen molar-refractivity contribution in [2.45, 2.75) is 13.5 Å². The van der Waals surface area contributed by atoms with E-state index in [1.165, 1.54) is 0 Å². The zero-order valence-electron chi connectivity index (χ0n) is 7.76. The molecule has 1 aromatic rings. The average Bonchev–Trinajstić information content (AvgIpc) is 2.32. The van der Waals surface area contributed by atoms with Crippen molar-refractivity contribution in [2.24, 2.45) is 7.05 Å². The zero-order chi connectivity index (χ0) is 9.84. The first-order valence-electron chi connectivity index (χ1n) is 3.99. The van der Waals surface area contributed by atoms with Gasteiger partial charge in [-0.1, -0.05) is 5.92 Å². The highest BCUT2D eigenvalue weighted by Gasteiger charge is 2.08. The lowest BCUT2D eigenvalue weighted by molar-refractivity contribution is 0.654. The molecule has 0 aliphatic rings. The summed E-state index contributed by atoms with van der Waals surface area (Å²) in [5.41, 5.74) is 2.12. The second kappa shape index (κ2) is 4.45. The van der Waals surface area contributed by atoms with Gasteiger partial charge in [0.2, 0.25) is 0 Å². The highest BCUT2D eigenvalue weighted by atomic mass is 79.9. The Labute approximate surface area is 86.6 Å². The van der Waals surface area contributed by atoms with Crippen LogP contribution in [0.15, 0.2) is 4.47 Å². The molecule has 1 aromatic heterocycles. The number of aryl methyl sites for hydroxylation is 2. The van der Waals surface area contributed by atoms with Crippen LogP contribution < -0.4 is 5.32 Å². The molecule has 0 fully saturated rings. The molecular weight excluding hydrogens is 230 g/mol. The lowest BCUT2D eigenvalue weighted by atomic mass is 10.3. The summed E-state index contributed by atoms with van der Waals surface area (Å²) in [6.45, 7) is 3.29. The third-order valence-corrected chi connectivity index (χ3v) is 2.81. The van der Waals surface area contributed by atoms with Crippen molar-refractivity contribution in [1.82, 2.24) is 15.1 Å². The lowest BCUT2D eigenvalue weighted by Gasteiger charge is -2.02. The van der Waals surface area contributed by atoms with E-state index in [0.29, 0.717) is 6.54 Å². The van der Waals surface area contributed by atoms with Gasteiger partial charge in [-0.25, -0.2) is 0 Å². The molecule has 1 rings (SSSR count). The van der Waals surface area contributed by atoms with Gasteiger partial charge in [0.15, 0.2) is 0 Å². The Bertz CT molecular complexity index is 335. The van der Waals surface area contributed by atoms with E-state index in [1.807, 2.05) is 18.7 Å². The van der Waals surface area contributed by atoms with Gasteiger partial charge in [-0.3, -0.25) is 4.68 Å². The van der Waals surface area contributed by atoms with E-state index in [0.717, 1.165) is 22.4 Å². The summed E-state index contributed by atoms with van der Waals surface area (Å²) in [4.78, 5) is 0. The highest BCUT2D eigenvalue weighted by molar-refractivity contribution is 9.10. The van der Waals surface area contributed by atoms with E-state index in [1.54, 1.807) is 0 Å². The Hall–Kier alpha value is -0.790. The maximum absolute atomic E-state index is 5.13. The summed E-state index contributed by atoms with van der Waals surface area (Å²) in [5.74, 6) is 2.53. The van der Waals surface area contributed by atoms with Crippen molar-refractivity contribution in [3.8, 4) is 12.3 Å². The Balaban J connectivity index is 2.71. The predicted octanol–water partition coefficient (Wildman–Crippen LogP) is 1.21. The molecule has 0 aliphatic carbocycles. The Morgan fingerprint density at radius 1 is 1.69 bits per heavy atom. The number of aromatic nitrogens is 2. The molecule has 13 heavy (non-hydrogen) atoms. The van der Waals surface area contributed by atoms with Gasteiger partial charge in [-0.2, -0.15) is 5.10 Å². The highest BCUT2D eigenvalue weighted by Crippen LogP contribution is 2.19. The fourth-order valence-corrected chi connectivity index (χ4v) is 1.60. The van der Waals surface area contributed by atoms with Gasteiger partial charge in [0.1, 0.15) is 0 Å². The van der Waals surface area contributed by atoms with Gasteiger partial charge in [-0.05, 0) is 22.9 Å². The summed E-state index contributed by atoms with van der Waals surface area (Å²) in [7, 11) is 1.92. The zero-order valence-corrected chi connectivity index (χ0v) is 9.35. The first kappa shape index (κ1) is 10.3. The Morgan fingerprint density at radius 3 is 2.85 bits per heavy atom. The van der Waals surface area contributed by atoms with Gasteiger partial charge < -0.3 is 5.32 Å². The van der Waals surface area contributed by atoms with Crippen molar-refractivity contribution < 1.29 is 0 Å². The summed E-state index contributed by atoms with van der Waals surface area (Å²) in [6, 6.07) is 0. The first-order valence-corrected chi connectivity index (χ1v) is 4.78. The minimum Gasteiger partial charge on any atom is -0.301 e. The first-order chi connectivity index (χ1) is 6.16. The van der Waals surface area contributed by atoms with Crippen molar-refractivity contribution >= 4 is 15.9 Å². The topological polar surface area (TPSA) is 29.9 Å². The molecule has 0 atom stereocenters. The van der Waals surface area contributed by atoms with Crippen LogP contribution in [0.5, 0.6) is 0 Å². The molecule has 0 radical (unpaired) electrons. The average molecular weight is 242 g/mol. The normalized spacial score (nSPS) is 10.0. The van der Waals surface area contributed by atoms with Crippen molar-refractivity contribution in [3.63, 3.8) is 0 Å². The molecule has 1 heterocycles. The third kappa shape index (κ3) is 2.33. The molecule has 4 heteroatoms. The van der Waals surface area contributed by atoms with Crippen LogP contribution in [0.1, 0.15) is 11.4 Å². The van der Waals surface area contributed by atoms with Gasteiger partial charge in [-0.15, -0.1) is 6.42 Å². The lowest BCUT2D eigenvalue weighted by Crippen LogP contribution is -2.15. The second-order valence-corrected chi connectivity index (χ2v) is 3.57. The summed E-state index contributed by atoms with van der Waals surface area (Å²) in [5, 5.41) is 7.39. The van der Waals surface area contributed by atoms with Crippen LogP contribution in [-0.2, 0) is 13.6 Å². The molecule has 3 nitrogen and oxygen atoms in total. The third-order valence-electron chi connectivity index (χ3n) is 1.78. The molecule has 0 bridgehead atoms. The molecule has 0 aromatic carbocycles. The monoisotopic (exact) mass is 241 g/mol. The van der Waals surface area contributed by atoms with Crippen LogP contribution in [-0.4, -0.2) is 16.3 Å². The number of terminal acetylenes is 1. The predicted molar refractivity (Wildman–Crippen MR) is 56.2 cm³/mol. The van der Waals surface area contributed by atoms with Gasteiger partial charge in [0.05, 0.1) is 22.4 Å². The van der Waals surface area contributed by atoms with Crippen LogP contribution in [0.3, 0.4) is 0 Å². The number of nitrogens with one attached hydrogen (secondary N) is 1. The second-order valence-electron chi connectivity index (χ2n) is 2.78. The van der Waals surface area contributed by atoms with Crippen LogP contribution in [0.25, 0.3) is 0 Å². The van der Waals surface area contributed by atoms with Crippen LogP contribution in [0.2, 0.25) is 0 Å². The fourth-order valence-electron chi connectivity index (χ4n) is 1.13. The van der Waals surface area contributed by atoms with E-state index >= 15 is 0 Å². The maximum atomic E-state index is 5.13. The smallest absolute Gasteiger partial charge is 0.0739 e. The van der Waals surface area contributed by atoms with E-state index in [4.69, 9.17) is 6.42 Å². The van der Waals surface area contributed by atoms with Crippen molar-refractivity contribution in [3.05, 3.63) is 15.9 Å². The molecule has 0 spiro atoms. The summed E-state index contributed by atoms with van der Waals surface area (Å²) < 4.78 is 2.91. The Morgan fingerprint density at radius 2 is 2.38 bits per heavy atom. The maximum Gasteiger partial charge on any atom is 0.0739 e. The quantitative estimate of drug-likeness (QED) is 0.637. The molecular formula is C9H12BrN3. The van der Waals surface area contributed by atoms with Gasteiger partial charge >= 0.3 is 0 Å². The van der Waals surface area contributed by atoms with Gasteiger partial charge in [0, 0.05) is 13.6 Å². The SMILES string of the molecule is C#CCNCc1c(Br)c(C)nn1C. The number of nitrogens with zero attached hydrogens (tertiary/aromatic N) is 2. The van der Waals surface area contributed by atoms with E-state index in [2.05, 4.69) is 32.3 Å². The molecule has 0 saturated carbocycles. The van der Waals surface area contributed by atoms with Crippen LogP contribution in [0.4, 0.5) is 0 Å². The van der Waals surface area contributed by atoms with Gasteiger partial charge in [0.25, 0.3) is 0 Å². The fraction of sp³-hybridized carbons (Fsp3) is 0.444. The molecule has 0 saturated heterocycles. The number of rotatable bonds is 3. The molecule has 0 aliphatic heterocycles. The number of halogens is 1. The molecule has 0 unspecified atom stereocenters. The number of hydrogen-bond acceptors (Lipinski definition) is 2.